The average Bonchev–Trinajstić information content (AvgIpc) is 2.29. The number of anilines is 1. The number of aromatic nitrogens is 1. The molecule has 1 aliphatic rings. The number of aromatic amines is 1. The number of hydrogen-bond acceptors (Lipinski definition) is 2. The fraction of sp³-hybridized carbons (Fsp3) is 0.250. The van der Waals surface area contributed by atoms with Crippen LogP contribution in [0.1, 0.15) is 12.0 Å². The van der Waals surface area contributed by atoms with Gasteiger partial charge in [0.25, 0.3) is 5.56 Å². The lowest BCUT2D eigenvalue weighted by atomic mass is 10.0. The van der Waals surface area contributed by atoms with Crippen molar-refractivity contribution in [1.29, 1.82) is 0 Å². The summed E-state index contributed by atoms with van der Waals surface area (Å²) in [6.45, 7) is 0.956. The molecule has 82 valence electrons. The Morgan fingerprint density at radius 2 is 2.19 bits per heavy atom. The van der Waals surface area contributed by atoms with Gasteiger partial charge in [-0.15, -0.1) is 0 Å². The van der Waals surface area contributed by atoms with Gasteiger partial charge >= 0.3 is 0 Å². The molecular weight excluding hydrogens is 315 g/mol. The van der Waals surface area contributed by atoms with Crippen LogP contribution < -0.4 is 10.9 Å². The second kappa shape index (κ2) is 3.76. The lowest BCUT2D eigenvalue weighted by Crippen LogP contribution is -2.22. The fourth-order valence-electron chi connectivity index (χ4n) is 2.23. The Morgan fingerprint density at radius 3 is 3.06 bits per heavy atom. The Hall–Kier alpha value is -1.04. The third-order valence-corrected chi connectivity index (χ3v) is 3.65. The molecule has 2 heterocycles. The predicted molar refractivity (Wildman–Crippen MR) is 74.1 cm³/mol. The van der Waals surface area contributed by atoms with Gasteiger partial charge in [-0.3, -0.25) is 4.79 Å². The zero-order valence-electron chi connectivity index (χ0n) is 8.64. The summed E-state index contributed by atoms with van der Waals surface area (Å²) in [5.41, 5.74) is 2.91. The smallest absolute Gasteiger partial charge is 0.253 e. The zero-order chi connectivity index (χ0) is 11.1. The van der Waals surface area contributed by atoms with Crippen LogP contribution in [0.3, 0.4) is 0 Å². The molecule has 1 aromatic heterocycles. The van der Waals surface area contributed by atoms with Crippen LogP contribution in [-0.2, 0) is 6.42 Å². The van der Waals surface area contributed by atoms with Gasteiger partial charge in [-0.1, -0.05) is 0 Å². The van der Waals surface area contributed by atoms with E-state index in [2.05, 4.69) is 45.0 Å². The van der Waals surface area contributed by atoms with Crippen molar-refractivity contribution in [3.63, 3.8) is 0 Å². The summed E-state index contributed by atoms with van der Waals surface area (Å²) >= 11 is 2.25. The molecule has 0 amide bonds. The third kappa shape index (κ3) is 1.52. The van der Waals surface area contributed by atoms with Crippen LogP contribution in [-0.4, -0.2) is 11.5 Å². The number of fused-ring (bicyclic) bond motifs is 3. The highest BCUT2D eigenvalue weighted by Crippen LogP contribution is 2.27. The van der Waals surface area contributed by atoms with Gasteiger partial charge in [0, 0.05) is 21.1 Å². The molecule has 0 bridgehead atoms. The Bertz CT molecular complexity index is 618. The summed E-state index contributed by atoms with van der Waals surface area (Å²) in [7, 11) is 0. The minimum atomic E-state index is 0.0525. The van der Waals surface area contributed by atoms with Gasteiger partial charge < -0.3 is 10.3 Å². The maximum atomic E-state index is 11.9. The number of pyridine rings is 1. The van der Waals surface area contributed by atoms with Crippen molar-refractivity contribution in [3.05, 3.63) is 37.7 Å². The Balaban J connectivity index is 2.42. The minimum Gasteiger partial charge on any atom is -0.384 e. The first-order valence-electron chi connectivity index (χ1n) is 5.34. The second-order valence-corrected chi connectivity index (χ2v) is 5.27. The topological polar surface area (TPSA) is 44.9 Å². The first-order valence-corrected chi connectivity index (χ1v) is 6.42. The summed E-state index contributed by atoms with van der Waals surface area (Å²) in [4.78, 5) is 14.8. The van der Waals surface area contributed by atoms with E-state index in [9.17, 15) is 4.79 Å². The molecule has 0 unspecified atom stereocenters. The molecule has 16 heavy (non-hydrogen) atoms. The van der Waals surface area contributed by atoms with Crippen LogP contribution in [0.5, 0.6) is 0 Å². The molecule has 4 heteroatoms. The van der Waals surface area contributed by atoms with E-state index in [0.717, 1.165) is 45.1 Å². The molecular formula is C12H11IN2O. The Morgan fingerprint density at radius 1 is 1.31 bits per heavy atom. The van der Waals surface area contributed by atoms with E-state index in [1.54, 1.807) is 0 Å². The normalized spacial score (nSPS) is 14.6. The standard InChI is InChI=1S/C12H11IN2O/c13-7-3-4-8-10(6-7)15-12(16)9-2-1-5-14-11(8)9/h3-4,6,14H,1-2,5H2,(H,15,16). The molecule has 0 radical (unpaired) electrons. The lowest BCUT2D eigenvalue weighted by Gasteiger charge is -2.19. The molecule has 3 nitrogen and oxygen atoms in total. The van der Waals surface area contributed by atoms with Crippen molar-refractivity contribution < 1.29 is 0 Å². The molecule has 0 atom stereocenters. The number of rotatable bonds is 0. The molecule has 2 aromatic rings. The van der Waals surface area contributed by atoms with E-state index in [4.69, 9.17) is 0 Å². The summed E-state index contributed by atoms with van der Waals surface area (Å²) in [5.74, 6) is 0. The quantitative estimate of drug-likeness (QED) is 0.731. The molecule has 0 saturated heterocycles. The van der Waals surface area contributed by atoms with Gasteiger partial charge in [-0.25, -0.2) is 0 Å². The van der Waals surface area contributed by atoms with Crippen molar-refractivity contribution >= 4 is 39.2 Å². The summed E-state index contributed by atoms with van der Waals surface area (Å²) in [6, 6.07) is 6.15. The average molecular weight is 326 g/mol. The van der Waals surface area contributed by atoms with Crippen molar-refractivity contribution in [3.8, 4) is 0 Å². The van der Waals surface area contributed by atoms with Crippen LogP contribution in [0.25, 0.3) is 10.9 Å². The van der Waals surface area contributed by atoms with E-state index in [1.807, 2.05) is 6.07 Å². The van der Waals surface area contributed by atoms with Crippen LogP contribution in [0, 0.1) is 3.57 Å². The van der Waals surface area contributed by atoms with Crippen LogP contribution in [0.4, 0.5) is 5.69 Å². The van der Waals surface area contributed by atoms with E-state index in [0.29, 0.717) is 0 Å². The summed E-state index contributed by atoms with van der Waals surface area (Å²) < 4.78 is 1.14. The SMILES string of the molecule is O=c1[nH]c2cc(I)ccc2c2c1CCCN2. The first-order chi connectivity index (χ1) is 7.75. The van der Waals surface area contributed by atoms with Crippen molar-refractivity contribution in [2.24, 2.45) is 0 Å². The highest BCUT2D eigenvalue weighted by molar-refractivity contribution is 14.1. The van der Waals surface area contributed by atoms with Gasteiger partial charge in [-0.2, -0.15) is 0 Å². The number of halogens is 1. The largest absolute Gasteiger partial charge is 0.384 e. The molecule has 1 aromatic carbocycles. The number of nitrogens with one attached hydrogen (secondary N) is 2. The Kier molecular flexibility index (Phi) is 2.38. The van der Waals surface area contributed by atoms with E-state index < -0.39 is 0 Å². The van der Waals surface area contributed by atoms with Crippen molar-refractivity contribution in [1.82, 2.24) is 4.98 Å². The minimum absolute atomic E-state index is 0.0525. The highest BCUT2D eigenvalue weighted by Gasteiger charge is 2.15. The Labute approximate surface area is 106 Å². The maximum Gasteiger partial charge on any atom is 0.253 e. The molecule has 0 spiro atoms. The predicted octanol–water partition coefficient (Wildman–Crippen LogP) is 2.49. The van der Waals surface area contributed by atoms with Gasteiger partial charge in [0.1, 0.15) is 0 Å². The second-order valence-electron chi connectivity index (χ2n) is 4.03. The number of hydrogen-bond donors (Lipinski definition) is 2. The molecule has 2 N–H and O–H groups in total. The molecule has 1 aliphatic heterocycles. The van der Waals surface area contributed by atoms with Crippen molar-refractivity contribution in [2.45, 2.75) is 12.8 Å². The van der Waals surface area contributed by atoms with E-state index in [-0.39, 0.29) is 5.56 Å². The van der Waals surface area contributed by atoms with Crippen LogP contribution in [0.15, 0.2) is 23.0 Å². The van der Waals surface area contributed by atoms with Gasteiger partial charge in [0.05, 0.1) is 11.2 Å². The zero-order valence-corrected chi connectivity index (χ0v) is 10.8. The maximum absolute atomic E-state index is 11.9. The van der Waals surface area contributed by atoms with Crippen molar-refractivity contribution in [2.75, 3.05) is 11.9 Å². The molecule has 0 saturated carbocycles. The van der Waals surface area contributed by atoms with E-state index >= 15 is 0 Å². The number of H-pyrrole nitrogens is 1. The number of benzene rings is 1. The van der Waals surface area contributed by atoms with Crippen LogP contribution in [0.2, 0.25) is 0 Å². The molecule has 0 fully saturated rings. The first kappa shape index (κ1) is 10.1. The van der Waals surface area contributed by atoms with Crippen LogP contribution >= 0.6 is 22.6 Å². The molecule has 3 rings (SSSR count). The van der Waals surface area contributed by atoms with Gasteiger partial charge in [0.2, 0.25) is 0 Å². The van der Waals surface area contributed by atoms with Gasteiger partial charge in [-0.05, 0) is 53.6 Å². The van der Waals surface area contributed by atoms with E-state index in [1.165, 1.54) is 0 Å². The monoisotopic (exact) mass is 326 g/mol. The molecule has 0 aliphatic carbocycles. The lowest BCUT2D eigenvalue weighted by molar-refractivity contribution is 0.820. The summed E-state index contributed by atoms with van der Waals surface area (Å²) in [6.07, 6.45) is 1.91. The highest BCUT2D eigenvalue weighted by atomic mass is 127. The third-order valence-electron chi connectivity index (χ3n) is 2.98. The van der Waals surface area contributed by atoms with Gasteiger partial charge in [0.15, 0.2) is 0 Å². The fourth-order valence-corrected chi connectivity index (χ4v) is 2.72. The summed E-state index contributed by atoms with van der Waals surface area (Å²) in [5, 5.41) is 4.46.